The van der Waals surface area contributed by atoms with E-state index in [1.165, 1.54) is 30.2 Å². The smallest absolute Gasteiger partial charge is 0.341 e. The van der Waals surface area contributed by atoms with Crippen molar-refractivity contribution in [2.75, 3.05) is 18.2 Å². The lowest BCUT2D eigenvalue weighted by Crippen LogP contribution is -2.17. The molecule has 0 aliphatic heterocycles. The van der Waals surface area contributed by atoms with Crippen LogP contribution in [-0.2, 0) is 36.0 Å². The first-order valence-electron chi connectivity index (χ1n) is 11.2. The number of carbonyl (C=O) groups excluding carboxylic acids is 2. The molecule has 0 spiro atoms. The zero-order chi connectivity index (χ0) is 25.1. The molecule has 1 aliphatic carbocycles. The SMILES string of the molecule is COC(=O)c1c(NC(=O)CSc2nnc(COc3ccc(Cl)c(C)c3)n2C)sc2c1CCC(C)C2. The second-order valence-electron chi connectivity index (χ2n) is 8.54. The van der Waals surface area contributed by atoms with Crippen molar-refractivity contribution < 1.29 is 19.1 Å². The second-order valence-corrected chi connectivity index (χ2v) is 11.0. The summed E-state index contributed by atoms with van der Waals surface area (Å²) in [5, 5.41) is 13.1. The number of nitrogens with zero attached hydrogens (tertiary/aromatic N) is 3. The summed E-state index contributed by atoms with van der Waals surface area (Å²) in [5.41, 5.74) is 2.44. The summed E-state index contributed by atoms with van der Waals surface area (Å²) >= 11 is 8.80. The lowest BCUT2D eigenvalue weighted by atomic mass is 9.88. The van der Waals surface area contributed by atoms with Crippen molar-refractivity contribution in [2.45, 2.75) is 44.9 Å². The van der Waals surface area contributed by atoms with Crippen LogP contribution >= 0.6 is 34.7 Å². The molecular weight excluding hydrogens is 508 g/mol. The van der Waals surface area contributed by atoms with Crippen LogP contribution < -0.4 is 10.1 Å². The van der Waals surface area contributed by atoms with Crippen molar-refractivity contribution in [3.8, 4) is 5.75 Å². The number of thioether (sulfide) groups is 1. The molecule has 1 unspecified atom stereocenters. The Morgan fingerprint density at radius 3 is 2.89 bits per heavy atom. The third-order valence-corrected chi connectivity index (χ3v) is 8.52. The van der Waals surface area contributed by atoms with Gasteiger partial charge in [-0.25, -0.2) is 4.79 Å². The maximum Gasteiger partial charge on any atom is 0.341 e. The average Bonchev–Trinajstić information content (AvgIpc) is 3.36. The predicted octanol–water partition coefficient (Wildman–Crippen LogP) is 5.06. The Morgan fingerprint density at radius 1 is 1.34 bits per heavy atom. The number of hydrogen-bond donors (Lipinski definition) is 1. The van der Waals surface area contributed by atoms with Crippen LogP contribution in [0.5, 0.6) is 5.75 Å². The number of ether oxygens (including phenoxy) is 2. The second kappa shape index (κ2) is 11.0. The van der Waals surface area contributed by atoms with Gasteiger partial charge in [-0.1, -0.05) is 30.3 Å². The molecule has 0 saturated carbocycles. The first-order chi connectivity index (χ1) is 16.8. The van der Waals surface area contributed by atoms with Gasteiger partial charge in [-0.05, 0) is 61.4 Å². The van der Waals surface area contributed by atoms with Crippen molar-refractivity contribution in [1.82, 2.24) is 14.8 Å². The van der Waals surface area contributed by atoms with Crippen LogP contribution in [0.1, 0.15) is 45.5 Å². The van der Waals surface area contributed by atoms with E-state index in [0.29, 0.717) is 38.2 Å². The number of benzene rings is 1. The highest BCUT2D eigenvalue weighted by Crippen LogP contribution is 2.40. The third kappa shape index (κ3) is 5.82. The van der Waals surface area contributed by atoms with E-state index in [-0.39, 0.29) is 18.3 Å². The van der Waals surface area contributed by atoms with E-state index in [9.17, 15) is 9.59 Å². The van der Waals surface area contributed by atoms with Crippen molar-refractivity contribution in [3.05, 3.63) is 50.6 Å². The average molecular weight is 535 g/mol. The molecule has 1 amide bonds. The number of amides is 1. The Hall–Kier alpha value is -2.56. The van der Waals surface area contributed by atoms with Crippen molar-refractivity contribution >= 4 is 51.6 Å². The molecule has 1 N–H and O–H groups in total. The van der Waals surface area contributed by atoms with Gasteiger partial charge in [0.25, 0.3) is 0 Å². The Bertz CT molecular complexity index is 1260. The molecule has 1 atom stereocenters. The number of fused-ring (bicyclic) bond motifs is 1. The van der Waals surface area contributed by atoms with Gasteiger partial charge in [-0.15, -0.1) is 21.5 Å². The van der Waals surface area contributed by atoms with Gasteiger partial charge in [0.2, 0.25) is 5.91 Å². The zero-order valence-corrected chi connectivity index (χ0v) is 22.4. The molecule has 4 rings (SSSR count). The highest BCUT2D eigenvalue weighted by Gasteiger charge is 2.29. The fourth-order valence-electron chi connectivity index (χ4n) is 3.90. The summed E-state index contributed by atoms with van der Waals surface area (Å²) in [7, 11) is 3.19. The monoisotopic (exact) mass is 534 g/mol. The number of esters is 1. The topological polar surface area (TPSA) is 95.3 Å². The largest absolute Gasteiger partial charge is 0.486 e. The van der Waals surface area contributed by atoms with Crippen LogP contribution in [0.15, 0.2) is 23.4 Å². The van der Waals surface area contributed by atoms with Crippen LogP contribution in [0.4, 0.5) is 5.00 Å². The number of anilines is 1. The molecule has 2 aromatic heterocycles. The summed E-state index contributed by atoms with van der Waals surface area (Å²) in [6.45, 7) is 4.35. The summed E-state index contributed by atoms with van der Waals surface area (Å²) in [6.07, 6.45) is 2.75. The minimum absolute atomic E-state index is 0.128. The molecule has 11 heteroatoms. The summed E-state index contributed by atoms with van der Waals surface area (Å²) in [5.74, 6) is 1.39. The molecule has 0 radical (unpaired) electrons. The van der Waals surface area contributed by atoms with Crippen LogP contribution in [0, 0.1) is 12.8 Å². The molecule has 35 heavy (non-hydrogen) atoms. The molecule has 0 saturated heterocycles. The van der Waals surface area contributed by atoms with Gasteiger partial charge in [0.1, 0.15) is 17.4 Å². The zero-order valence-electron chi connectivity index (χ0n) is 20.0. The molecule has 0 bridgehead atoms. The van der Waals surface area contributed by atoms with E-state index < -0.39 is 5.97 Å². The molecule has 0 fully saturated rings. The van der Waals surface area contributed by atoms with Gasteiger partial charge in [-0.3, -0.25) is 4.79 Å². The molecule has 1 aromatic carbocycles. The summed E-state index contributed by atoms with van der Waals surface area (Å²) < 4.78 is 12.6. The Balaban J connectivity index is 1.37. The molecule has 2 heterocycles. The summed E-state index contributed by atoms with van der Waals surface area (Å²) in [4.78, 5) is 26.3. The molecule has 1 aliphatic rings. The quantitative estimate of drug-likeness (QED) is 0.319. The van der Waals surface area contributed by atoms with E-state index in [4.69, 9.17) is 21.1 Å². The normalized spacial score (nSPS) is 14.9. The number of carbonyl (C=O) groups is 2. The Kier molecular flexibility index (Phi) is 8.03. The van der Waals surface area contributed by atoms with Gasteiger partial charge in [0, 0.05) is 16.9 Å². The standard InChI is InChI=1S/C24H27ClN4O4S2/c1-13-5-7-16-18(9-13)35-22(21(16)23(31)32-4)26-20(30)12-34-24-28-27-19(29(24)3)11-33-15-6-8-17(25)14(2)10-15/h6,8,10,13H,5,7,9,11-12H2,1-4H3,(H,26,30). The highest BCUT2D eigenvalue weighted by atomic mass is 35.5. The highest BCUT2D eigenvalue weighted by molar-refractivity contribution is 7.99. The maximum absolute atomic E-state index is 12.7. The number of hydrogen-bond acceptors (Lipinski definition) is 8. The number of halogens is 1. The first kappa shape index (κ1) is 25.5. The van der Waals surface area contributed by atoms with E-state index in [1.54, 1.807) is 16.7 Å². The van der Waals surface area contributed by atoms with E-state index in [1.807, 2.05) is 20.0 Å². The lowest BCUT2D eigenvalue weighted by molar-refractivity contribution is -0.113. The number of rotatable bonds is 8. The van der Waals surface area contributed by atoms with Crippen molar-refractivity contribution in [2.24, 2.45) is 13.0 Å². The van der Waals surface area contributed by atoms with Crippen LogP contribution in [0.25, 0.3) is 0 Å². The molecule has 186 valence electrons. The van der Waals surface area contributed by atoms with Crippen molar-refractivity contribution in [3.63, 3.8) is 0 Å². The number of aryl methyl sites for hydroxylation is 1. The van der Waals surface area contributed by atoms with Gasteiger partial charge >= 0.3 is 5.97 Å². The van der Waals surface area contributed by atoms with Crippen LogP contribution in [-0.4, -0.2) is 39.5 Å². The number of methoxy groups -OCH3 is 1. The van der Waals surface area contributed by atoms with Gasteiger partial charge < -0.3 is 19.4 Å². The summed E-state index contributed by atoms with van der Waals surface area (Å²) in [6, 6.07) is 5.46. The minimum atomic E-state index is -0.408. The van der Waals surface area contributed by atoms with Crippen LogP contribution in [0.2, 0.25) is 5.02 Å². The Morgan fingerprint density at radius 2 is 2.14 bits per heavy atom. The first-order valence-corrected chi connectivity index (χ1v) is 13.4. The number of thiophene rings is 1. The lowest BCUT2D eigenvalue weighted by Gasteiger charge is -2.18. The van der Waals surface area contributed by atoms with Crippen LogP contribution in [0.3, 0.4) is 0 Å². The maximum atomic E-state index is 12.7. The fraction of sp³-hybridized carbons (Fsp3) is 0.417. The van der Waals surface area contributed by atoms with Gasteiger partial charge in [0.15, 0.2) is 11.0 Å². The predicted molar refractivity (Wildman–Crippen MR) is 138 cm³/mol. The van der Waals surface area contributed by atoms with E-state index in [2.05, 4.69) is 22.4 Å². The minimum Gasteiger partial charge on any atom is -0.486 e. The fourth-order valence-corrected chi connectivity index (χ4v) is 6.16. The third-order valence-electron chi connectivity index (χ3n) is 5.91. The molecular formula is C24H27ClN4O4S2. The van der Waals surface area contributed by atoms with E-state index in [0.717, 1.165) is 35.3 Å². The number of nitrogens with one attached hydrogen (secondary N) is 1. The van der Waals surface area contributed by atoms with Gasteiger partial charge in [0.05, 0.1) is 18.4 Å². The molecule has 8 nitrogen and oxygen atoms in total. The number of aromatic nitrogens is 3. The van der Waals surface area contributed by atoms with Gasteiger partial charge in [-0.2, -0.15) is 0 Å². The van der Waals surface area contributed by atoms with E-state index >= 15 is 0 Å². The Labute approximate surface area is 217 Å². The van der Waals surface area contributed by atoms with Crippen molar-refractivity contribution in [1.29, 1.82) is 0 Å². The molecule has 3 aromatic rings.